The van der Waals surface area contributed by atoms with Crippen LogP contribution in [0.2, 0.25) is 0 Å². The molecule has 1 saturated heterocycles. The molecule has 0 spiro atoms. The van der Waals surface area contributed by atoms with Gasteiger partial charge in [-0.3, -0.25) is 9.89 Å². The quantitative estimate of drug-likeness (QED) is 0.271. The van der Waals surface area contributed by atoms with Crippen molar-refractivity contribution in [2.45, 2.75) is 20.0 Å². The molecule has 1 aromatic carbocycles. The van der Waals surface area contributed by atoms with Crippen LogP contribution in [0.1, 0.15) is 18.2 Å². The van der Waals surface area contributed by atoms with Gasteiger partial charge in [-0.25, -0.2) is 13.1 Å². The summed E-state index contributed by atoms with van der Waals surface area (Å²) in [4.78, 5) is 9.03. The topological polar surface area (TPSA) is 103 Å². The maximum absolute atomic E-state index is 12.3. The van der Waals surface area contributed by atoms with E-state index >= 15 is 0 Å². The summed E-state index contributed by atoms with van der Waals surface area (Å²) in [5, 5.41) is 7.23. The van der Waals surface area contributed by atoms with E-state index in [1.165, 1.54) is 0 Å². The Morgan fingerprint density at radius 2 is 1.90 bits per heavy atom. The van der Waals surface area contributed by atoms with Crippen molar-refractivity contribution >= 4 is 40.0 Å². The first-order chi connectivity index (χ1) is 14.6. The minimum Gasteiger partial charge on any atom is -0.364 e. The third-order valence-electron chi connectivity index (χ3n) is 4.84. The minimum atomic E-state index is -3.39. The lowest BCUT2D eigenvalue weighted by atomic mass is 10.2. The number of benzene rings is 1. The molecule has 0 amide bonds. The van der Waals surface area contributed by atoms with E-state index < -0.39 is 10.0 Å². The maximum atomic E-state index is 12.3. The largest absolute Gasteiger partial charge is 0.364 e. The van der Waals surface area contributed by atoms with E-state index in [0.29, 0.717) is 6.54 Å². The molecule has 2 aromatic rings. The third kappa shape index (κ3) is 8.75. The molecule has 1 fully saturated rings. The van der Waals surface area contributed by atoms with Crippen molar-refractivity contribution in [2.24, 2.45) is 4.99 Å². The van der Waals surface area contributed by atoms with Gasteiger partial charge in [-0.05, 0) is 12.5 Å². The molecule has 9 nitrogen and oxygen atoms in total. The second-order valence-electron chi connectivity index (χ2n) is 7.12. The molecule has 172 valence electrons. The fraction of sp³-hybridized carbons (Fsp3) is 0.500. The smallest absolute Gasteiger partial charge is 0.213 e. The summed E-state index contributed by atoms with van der Waals surface area (Å²) in [6, 6.07) is 11.4. The summed E-state index contributed by atoms with van der Waals surface area (Å²) >= 11 is 0. The van der Waals surface area contributed by atoms with Gasteiger partial charge >= 0.3 is 0 Å². The molecule has 0 atom stereocenters. The third-order valence-corrected chi connectivity index (χ3v) is 6.15. The van der Waals surface area contributed by atoms with E-state index in [1.54, 1.807) is 6.26 Å². The number of hydrogen-bond acceptors (Lipinski definition) is 6. The summed E-state index contributed by atoms with van der Waals surface area (Å²) in [6.45, 7) is 7.43. The van der Waals surface area contributed by atoms with Crippen LogP contribution in [-0.2, 0) is 23.1 Å². The first kappa shape index (κ1) is 25.6. The van der Waals surface area contributed by atoms with Gasteiger partial charge in [0.15, 0.2) is 5.96 Å². The Morgan fingerprint density at radius 3 is 2.55 bits per heavy atom. The highest BCUT2D eigenvalue weighted by atomic mass is 127. The van der Waals surface area contributed by atoms with Gasteiger partial charge in [-0.15, -0.1) is 24.0 Å². The minimum absolute atomic E-state index is 0. The fourth-order valence-corrected chi connectivity index (χ4v) is 4.09. The van der Waals surface area contributed by atoms with Gasteiger partial charge < -0.3 is 14.7 Å². The SMILES string of the molecule is CCNC(=NCCS(=O)(=O)NCc1ccccc1)N1CCN(Cc2ccon2)CC1.I. The average Bonchev–Trinajstić information content (AvgIpc) is 3.26. The van der Waals surface area contributed by atoms with Crippen LogP contribution in [0.5, 0.6) is 0 Å². The van der Waals surface area contributed by atoms with Crippen molar-refractivity contribution in [1.82, 2.24) is 25.0 Å². The van der Waals surface area contributed by atoms with E-state index in [0.717, 1.165) is 56.5 Å². The highest BCUT2D eigenvalue weighted by Crippen LogP contribution is 2.07. The molecule has 0 radical (unpaired) electrons. The number of aliphatic imine (C=N–C) groups is 1. The molecule has 1 aliphatic rings. The van der Waals surface area contributed by atoms with Gasteiger partial charge in [0.1, 0.15) is 6.26 Å². The van der Waals surface area contributed by atoms with Crippen LogP contribution in [0.4, 0.5) is 0 Å². The molecule has 2 heterocycles. The van der Waals surface area contributed by atoms with Crippen molar-refractivity contribution in [1.29, 1.82) is 0 Å². The Morgan fingerprint density at radius 1 is 1.16 bits per heavy atom. The normalized spacial score (nSPS) is 15.5. The molecule has 1 aliphatic heterocycles. The lowest BCUT2D eigenvalue weighted by Crippen LogP contribution is -2.52. The molecule has 0 saturated carbocycles. The van der Waals surface area contributed by atoms with Gasteiger partial charge in [0, 0.05) is 51.9 Å². The van der Waals surface area contributed by atoms with E-state index in [9.17, 15) is 8.42 Å². The Balaban J connectivity index is 0.00000341. The van der Waals surface area contributed by atoms with Crippen LogP contribution in [0.15, 0.2) is 52.2 Å². The monoisotopic (exact) mass is 562 g/mol. The van der Waals surface area contributed by atoms with Crippen molar-refractivity contribution in [2.75, 3.05) is 45.0 Å². The van der Waals surface area contributed by atoms with E-state index in [2.05, 4.69) is 30.0 Å². The lowest BCUT2D eigenvalue weighted by molar-refractivity contribution is 0.169. The molecule has 3 rings (SSSR count). The standard InChI is InChI=1S/C20H30N6O3S.HI/c1-2-21-20(26-12-10-25(11-13-26)17-19-8-14-29-24-19)22-9-15-30(27,28)23-16-18-6-4-3-5-7-18;/h3-8,14,23H,2,9-13,15-17H2,1H3,(H,21,22);1H. The van der Waals surface area contributed by atoms with Gasteiger partial charge in [-0.1, -0.05) is 35.5 Å². The van der Waals surface area contributed by atoms with Gasteiger partial charge in [-0.2, -0.15) is 0 Å². The van der Waals surface area contributed by atoms with Crippen LogP contribution >= 0.6 is 24.0 Å². The summed E-state index contributed by atoms with van der Waals surface area (Å²) in [5.41, 5.74) is 1.86. The Hall–Kier alpha value is -1.70. The number of hydrogen-bond donors (Lipinski definition) is 2. The van der Waals surface area contributed by atoms with Crippen molar-refractivity contribution in [3.63, 3.8) is 0 Å². The molecule has 31 heavy (non-hydrogen) atoms. The lowest BCUT2D eigenvalue weighted by Gasteiger charge is -2.36. The zero-order valence-corrected chi connectivity index (χ0v) is 20.9. The molecule has 0 unspecified atom stereocenters. The van der Waals surface area contributed by atoms with E-state index in [-0.39, 0.29) is 36.3 Å². The summed E-state index contributed by atoms with van der Waals surface area (Å²) < 4.78 is 32.1. The summed E-state index contributed by atoms with van der Waals surface area (Å²) in [7, 11) is -3.39. The van der Waals surface area contributed by atoms with E-state index in [4.69, 9.17) is 4.52 Å². The predicted octanol–water partition coefficient (Wildman–Crippen LogP) is 1.50. The number of nitrogens with one attached hydrogen (secondary N) is 2. The van der Waals surface area contributed by atoms with Gasteiger partial charge in [0.2, 0.25) is 10.0 Å². The highest BCUT2D eigenvalue weighted by molar-refractivity contribution is 14.0. The number of rotatable bonds is 9. The number of aromatic nitrogens is 1. The van der Waals surface area contributed by atoms with Crippen LogP contribution in [0, 0.1) is 0 Å². The molecular formula is C20H31IN6O3S. The fourth-order valence-electron chi connectivity index (χ4n) is 3.22. The molecular weight excluding hydrogens is 531 g/mol. The number of sulfonamides is 1. The molecule has 0 bridgehead atoms. The van der Waals surface area contributed by atoms with Gasteiger partial charge in [0.05, 0.1) is 18.0 Å². The molecule has 1 aromatic heterocycles. The van der Waals surface area contributed by atoms with Crippen LogP contribution in [-0.4, -0.2) is 74.4 Å². The number of guanidine groups is 1. The second kappa shape index (κ2) is 13.0. The number of halogens is 1. The number of piperazine rings is 1. The molecule has 0 aliphatic carbocycles. The number of nitrogens with zero attached hydrogens (tertiary/aromatic N) is 4. The van der Waals surface area contributed by atoms with Crippen LogP contribution in [0.3, 0.4) is 0 Å². The highest BCUT2D eigenvalue weighted by Gasteiger charge is 2.20. The molecule has 11 heteroatoms. The van der Waals surface area contributed by atoms with E-state index in [1.807, 2.05) is 43.3 Å². The first-order valence-electron chi connectivity index (χ1n) is 10.2. The Labute approximate surface area is 201 Å². The average molecular weight is 562 g/mol. The van der Waals surface area contributed by atoms with Gasteiger partial charge in [0.25, 0.3) is 0 Å². The first-order valence-corrected chi connectivity index (χ1v) is 11.9. The van der Waals surface area contributed by atoms with Crippen molar-refractivity contribution in [3.8, 4) is 0 Å². The zero-order valence-electron chi connectivity index (χ0n) is 17.7. The Bertz CT molecular complexity index is 885. The zero-order chi connectivity index (χ0) is 21.2. The summed E-state index contributed by atoms with van der Waals surface area (Å²) in [6.07, 6.45) is 1.59. The second-order valence-corrected chi connectivity index (χ2v) is 9.04. The van der Waals surface area contributed by atoms with Crippen LogP contribution in [0.25, 0.3) is 0 Å². The molecule has 2 N–H and O–H groups in total. The van der Waals surface area contributed by atoms with Crippen molar-refractivity contribution in [3.05, 3.63) is 53.9 Å². The predicted molar refractivity (Wildman–Crippen MR) is 132 cm³/mol. The maximum Gasteiger partial charge on any atom is 0.213 e. The van der Waals surface area contributed by atoms with Crippen molar-refractivity contribution < 1.29 is 12.9 Å². The van der Waals surface area contributed by atoms with Crippen LogP contribution < -0.4 is 10.0 Å². The Kier molecular flexibility index (Phi) is 10.7. The summed E-state index contributed by atoms with van der Waals surface area (Å²) in [5.74, 6) is 0.720.